The number of hydrogen-bond acceptors (Lipinski definition) is 2. The second-order valence-corrected chi connectivity index (χ2v) is 3.97. The summed E-state index contributed by atoms with van der Waals surface area (Å²) in [6, 6.07) is 8.46. The minimum atomic E-state index is 0.830. The Labute approximate surface area is 95.5 Å². The van der Waals surface area contributed by atoms with E-state index in [0.29, 0.717) is 0 Å². The molecule has 15 heavy (non-hydrogen) atoms. The van der Waals surface area contributed by atoms with E-state index >= 15 is 0 Å². The minimum absolute atomic E-state index is 0.830. The van der Waals surface area contributed by atoms with E-state index in [9.17, 15) is 0 Å². The Balaban J connectivity index is 2.20. The summed E-state index contributed by atoms with van der Waals surface area (Å²) in [5.41, 5.74) is 2.46. The van der Waals surface area contributed by atoms with Gasteiger partial charge in [0.2, 0.25) is 0 Å². The van der Waals surface area contributed by atoms with Crippen molar-refractivity contribution in [2.75, 3.05) is 25.0 Å². The van der Waals surface area contributed by atoms with E-state index in [2.05, 4.69) is 39.8 Å². The van der Waals surface area contributed by atoms with Gasteiger partial charge in [0.15, 0.2) is 5.11 Å². The molecule has 1 saturated heterocycles. The summed E-state index contributed by atoms with van der Waals surface area (Å²) in [5.74, 6) is 0. The lowest BCUT2D eigenvalue weighted by Gasteiger charge is -2.17. The molecule has 80 valence electrons. The zero-order valence-corrected chi connectivity index (χ0v) is 9.60. The molecule has 0 atom stereocenters. The fourth-order valence-corrected chi connectivity index (χ4v) is 2.06. The monoisotopic (exact) mass is 221 g/mol. The summed E-state index contributed by atoms with van der Waals surface area (Å²) >= 11 is 5.23. The molecule has 3 nitrogen and oxygen atoms in total. The molecule has 2 N–H and O–H groups in total. The summed E-state index contributed by atoms with van der Waals surface area (Å²) in [6.07, 6.45) is 0. The summed E-state index contributed by atoms with van der Waals surface area (Å²) in [7, 11) is 1.95. The van der Waals surface area contributed by atoms with Crippen molar-refractivity contribution in [1.29, 1.82) is 0 Å². The summed E-state index contributed by atoms with van der Waals surface area (Å²) in [4.78, 5) is 2.13. The highest BCUT2D eigenvalue weighted by molar-refractivity contribution is 7.80. The Morgan fingerprint density at radius 1 is 1.53 bits per heavy atom. The number of rotatable bonds is 3. The maximum absolute atomic E-state index is 5.23. The Bertz CT molecular complexity index is 365. The van der Waals surface area contributed by atoms with Crippen molar-refractivity contribution in [2.24, 2.45) is 0 Å². The highest BCUT2D eigenvalue weighted by atomic mass is 32.1. The molecule has 1 aliphatic rings. The Hall–Kier alpha value is -1.13. The second-order valence-electron chi connectivity index (χ2n) is 3.58. The quantitative estimate of drug-likeness (QED) is 0.748. The van der Waals surface area contributed by atoms with Gasteiger partial charge in [0, 0.05) is 25.3 Å². The topological polar surface area (TPSA) is 27.3 Å². The van der Waals surface area contributed by atoms with Crippen molar-refractivity contribution in [1.82, 2.24) is 10.6 Å². The zero-order valence-electron chi connectivity index (χ0n) is 8.79. The van der Waals surface area contributed by atoms with Crippen LogP contribution in [0, 0.1) is 0 Å². The van der Waals surface area contributed by atoms with E-state index in [1.807, 2.05) is 7.05 Å². The molecule has 0 saturated carbocycles. The predicted octanol–water partition coefficient (Wildman–Crippen LogP) is 1.10. The van der Waals surface area contributed by atoms with Crippen molar-refractivity contribution in [3.05, 3.63) is 29.8 Å². The van der Waals surface area contributed by atoms with E-state index in [-0.39, 0.29) is 0 Å². The molecule has 4 heteroatoms. The molecular weight excluding hydrogens is 206 g/mol. The lowest BCUT2D eigenvalue weighted by Crippen LogP contribution is -2.27. The molecule has 1 heterocycles. The van der Waals surface area contributed by atoms with E-state index in [0.717, 1.165) is 24.7 Å². The first-order valence-corrected chi connectivity index (χ1v) is 5.51. The van der Waals surface area contributed by atoms with E-state index < -0.39 is 0 Å². The van der Waals surface area contributed by atoms with Crippen LogP contribution in [0.25, 0.3) is 0 Å². The van der Waals surface area contributed by atoms with Gasteiger partial charge in [-0.3, -0.25) is 0 Å². The van der Waals surface area contributed by atoms with Crippen LogP contribution in [-0.2, 0) is 6.54 Å². The molecule has 1 fully saturated rings. The van der Waals surface area contributed by atoms with Crippen molar-refractivity contribution in [3.63, 3.8) is 0 Å². The molecule has 1 aromatic rings. The molecular formula is C11H15N3S. The SMILES string of the molecule is CNCc1cccc(N2CCNC2=S)c1. The maximum atomic E-state index is 5.23. The molecule has 0 aliphatic carbocycles. The fourth-order valence-electron chi connectivity index (χ4n) is 1.76. The minimum Gasteiger partial charge on any atom is -0.360 e. The third-order valence-corrected chi connectivity index (χ3v) is 2.82. The summed E-state index contributed by atoms with van der Waals surface area (Å²) in [5, 5.41) is 7.14. The fraction of sp³-hybridized carbons (Fsp3) is 0.364. The Morgan fingerprint density at radius 2 is 2.40 bits per heavy atom. The number of benzene rings is 1. The van der Waals surface area contributed by atoms with Gasteiger partial charge in [0.25, 0.3) is 0 Å². The first-order valence-electron chi connectivity index (χ1n) is 5.10. The van der Waals surface area contributed by atoms with Crippen LogP contribution < -0.4 is 15.5 Å². The Kier molecular flexibility index (Phi) is 3.18. The molecule has 0 aromatic heterocycles. The Morgan fingerprint density at radius 3 is 3.07 bits per heavy atom. The van der Waals surface area contributed by atoms with E-state index in [4.69, 9.17) is 12.2 Å². The number of anilines is 1. The molecule has 0 amide bonds. The van der Waals surface area contributed by atoms with Gasteiger partial charge in [-0.15, -0.1) is 0 Å². The average molecular weight is 221 g/mol. The molecule has 1 aliphatic heterocycles. The standard InChI is InChI=1S/C11H15N3S/c1-12-8-9-3-2-4-10(7-9)14-6-5-13-11(14)15/h2-4,7,12H,5-6,8H2,1H3,(H,13,15). The summed E-state index contributed by atoms with van der Waals surface area (Å²) < 4.78 is 0. The van der Waals surface area contributed by atoms with Gasteiger partial charge in [-0.2, -0.15) is 0 Å². The van der Waals surface area contributed by atoms with Crippen molar-refractivity contribution in [2.45, 2.75) is 6.54 Å². The highest BCUT2D eigenvalue weighted by Crippen LogP contribution is 2.18. The van der Waals surface area contributed by atoms with Gasteiger partial charge < -0.3 is 15.5 Å². The first kappa shape index (κ1) is 10.4. The van der Waals surface area contributed by atoms with Crippen molar-refractivity contribution >= 4 is 23.0 Å². The lowest BCUT2D eigenvalue weighted by molar-refractivity contribution is 0.817. The second kappa shape index (κ2) is 4.59. The third kappa shape index (κ3) is 2.27. The van der Waals surface area contributed by atoms with E-state index in [1.165, 1.54) is 11.3 Å². The molecule has 0 spiro atoms. The maximum Gasteiger partial charge on any atom is 0.173 e. The number of nitrogens with one attached hydrogen (secondary N) is 2. The van der Waals surface area contributed by atoms with Crippen LogP contribution >= 0.6 is 12.2 Å². The van der Waals surface area contributed by atoms with Crippen LogP contribution in [0.4, 0.5) is 5.69 Å². The van der Waals surface area contributed by atoms with E-state index in [1.54, 1.807) is 0 Å². The van der Waals surface area contributed by atoms with Crippen LogP contribution in [0.15, 0.2) is 24.3 Å². The van der Waals surface area contributed by atoms with Gasteiger partial charge in [0.1, 0.15) is 0 Å². The molecule has 0 radical (unpaired) electrons. The molecule has 0 bridgehead atoms. The first-order chi connectivity index (χ1) is 7.31. The van der Waals surface area contributed by atoms with Crippen LogP contribution in [0.3, 0.4) is 0 Å². The smallest absolute Gasteiger partial charge is 0.173 e. The van der Waals surface area contributed by atoms with Crippen LogP contribution in [0.5, 0.6) is 0 Å². The number of thiocarbonyl (C=S) groups is 1. The zero-order chi connectivity index (χ0) is 10.7. The average Bonchev–Trinajstić information content (AvgIpc) is 2.65. The number of hydrogen-bond donors (Lipinski definition) is 2. The van der Waals surface area contributed by atoms with Gasteiger partial charge in [-0.25, -0.2) is 0 Å². The largest absolute Gasteiger partial charge is 0.360 e. The molecule has 2 rings (SSSR count). The van der Waals surface area contributed by atoms with Crippen molar-refractivity contribution in [3.8, 4) is 0 Å². The van der Waals surface area contributed by atoms with Crippen LogP contribution in [-0.4, -0.2) is 25.2 Å². The highest BCUT2D eigenvalue weighted by Gasteiger charge is 2.17. The summed E-state index contributed by atoms with van der Waals surface area (Å²) in [6.45, 7) is 2.79. The third-order valence-electron chi connectivity index (χ3n) is 2.46. The molecule has 0 unspecified atom stereocenters. The molecule has 1 aromatic carbocycles. The van der Waals surface area contributed by atoms with Crippen LogP contribution in [0.1, 0.15) is 5.56 Å². The normalized spacial score (nSPS) is 15.5. The van der Waals surface area contributed by atoms with Gasteiger partial charge >= 0.3 is 0 Å². The predicted molar refractivity (Wildman–Crippen MR) is 67.2 cm³/mol. The van der Waals surface area contributed by atoms with Crippen molar-refractivity contribution < 1.29 is 0 Å². The lowest BCUT2D eigenvalue weighted by atomic mass is 10.2. The van der Waals surface area contributed by atoms with Crippen LogP contribution in [0.2, 0.25) is 0 Å². The van der Waals surface area contributed by atoms with Gasteiger partial charge in [-0.05, 0) is 37.0 Å². The van der Waals surface area contributed by atoms with Gasteiger partial charge in [-0.1, -0.05) is 12.1 Å². The van der Waals surface area contributed by atoms with Gasteiger partial charge in [0.05, 0.1) is 0 Å². The number of nitrogens with zero attached hydrogens (tertiary/aromatic N) is 1.